The molecule has 0 aliphatic rings. The van der Waals surface area contributed by atoms with Gasteiger partial charge in [0, 0.05) is 12.2 Å². The van der Waals surface area contributed by atoms with Crippen molar-refractivity contribution in [3.63, 3.8) is 0 Å². The summed E-state index contributed by atoms with van der Waals surface area (Å²) in [6, 6.07) is 6.69. The molecule has 0 saturated heterocycles. The second-order valence-electron chi connectivity index (χ2n) is 6.39. The van der Waals surface area contributed by atoms with Crippen molar-refractivity contribution in [1.82, 2.24) is 0 Å². The number of unbranched alkanes of at least 4 members (excludes halogenated alkanes) is 8. The SMILES string of the molecule is C=CCCCCCCCC/C=C/CCCNc1ccc(C(=O)[O-])cc1.[Na+]. The Morgan fingerprint density at radius 3 is 2.00 bits per heavy atom. The summed E-state index contributed by atoms with van der Waals surface area (Å²) in [5.41, 5.74) is 1.16. The van der Waals surface area contributed by atoms with Crippen LogP contribution in [-0.2, 0) is 0 Å². The van der Waals surface area contributed by atoms with Crippen LogP contribution in [0.25, 0.3) is 0 Å². The van der Waals surface area contributed by atoms with Gasteiger partial charge in [-0.3, -0.25) is 0 Å². The molecule has 0 bridgehead atoms. The number of carboxylic acids is 1. The normalized spacial score (nSPS) is 10.5. The Bertz CT molecular complexity index is 511. The minimum atomic E-state index is -1.13. The molecule has 1 rings (SSSR count). The van der Waals surface area contributed by atoms with Crippen molar-refractivity contribution < 1.29 is 39.5 Å². The Morgan fingerprint density at radius 1 is 0.885 bits per heavy atom. The number of hydrogen-bond donors (Lipinski definition) is 1. The van der Waals surface area contributed by atoms with Gasteiger partial charge in [0.1, 0.15) is 0 Å². The number of carbonyl (C=O) groups excluding carboxylic acids is 1. The second-order valence-corrected chi connectivity index (χ2v) is 6.39. The Balaban J connectivity index is 0.00000625. The minimum absolute atomic E-state index is 0. The standard InChI is InChI=1S/C22H33NO2.Na/c1-2-3-4-5-6-7-8-9-10-11-12-13-14-19-23-21-17-15-20(16-18-21)22(24)25;/h2,11-12,15-18,23H,1,3-10,13-14,19H2,(H,24,25);/q;+1/p-1/b12-11+;. The van der Waals surface area contributed by atoms with E-state index < -0.39 is 5.97 Å². The van der Waals surface area contributed by atoms with Crippen LogP contribution in [0.2, 0.25) is 0 Å². The van der Waals surface area contributed by atoms with Crippen molar-refractivity contribution in [2.24, 2.45) is 0 Å². The Morgan fingerprint density at radius 2 is 1.42 bits per heavy atom. The summed E-state index contributed by atoms with van der Waals surface area (Å²) in [6.07, 6.45) is 19.0. The molecule has 1 aromatic rings. The van der Waals surface area contributed by atoms with Crippen molar-refractivity contribution in [2.75, 3.05) is 11.9 Å². The quantitative estimate of drug-likeness (QED) is 0.294. The van der Waals surface area contributed by atoms with Crippen LogP contribution in [0.1, 0.15) is 74.6 Å². The largest absolute Gasteiger partial charge is 1.00 e. The third-order valence-electron chi connectivity index (χ3n) is 4.19. The Labute approximate surface area is 181 Å². The molecule has 1 aromatic carbocycles. The summed E-state index contributed by atoms with van der Waals surface area (Å²) >= 11 is 0. The van der Waals surface area contributed by atoms with Crippen LogP contribution < -0.4 is 40.0 Å². The van der Waals surface area contributed by atoms with E-state index in [9.17, 15) is 9.90 Å². The average Bonchev–Trinajstić information content (AvgIpc) is 2.62. The second kappa shape index (κ2) is 17.4. The van der Waals surface area contributed by atoms with Crippen molar-refractivity contribution in [2.45, 2.75) is 64.2 Å². The topological polar surface area (TPSA) is 52.2 Å². The van der Waals surface area contributed by atoms with E-state index in [2.05, 4.69) is 24.0 Å². The molecule has 0 amide bonds. The van der Waals surface area contributed by atoms with Crippen molar-refractivity contribution in [3.8, 4) is 0 Å². The van der Waals surface area contributed by atoms with E-state index in [1.165, 1.54) is 44.9 Å². The number of carbonyl (C=O) groups is 1. The van der Waals surface area contributed by atoms with Gasteiger partial charge < -0.3 is 15.2 Å². The summed E-state index contributed by atoms with van der Waals surface area (Å²) in [5, 5.41) is 14.0. The summed E-state index contributed by atoms with van der Waals surface area (Å²) in [4.78, 5) is 10.7. The van der Waals surface area contributed by atoms with Crippen LogP contribution >= 0.6 is 0 Å². The summed E-state index contributed by atoms with van der Waals surface area (Å²) in [5.74, 6) is -1.13. The third-order valence-corrected chi connectivity index (χ3v) is 4.19. The monoisotopic (exact) mass is 365 g/mol. The van der Waals surface area contributed by atoms with Crippen molar-refractivity contribution in [3.05, 3.63) is 54.6 Å². The summed E-state index contributed by atoms with van der Waals surface area (Å²) in [7, 11) is 0. The van der Waals surface area contributed by atoms with Gasteiger partial charge in [-0.25, -0.2) is 0 Å². The van der Waals surface area contributed by atoms with Crippen LogP contribution in [-0.4, -0.2) is 12.5 Å². The maximum Gasteiger partial charge on any atom is 1.00 e. The molecule has 0 saturated carbocycles. The van der Waals surface area contributed by atoms with E-state index in [4.69, 9.17) is 0 Å². The molecule has 0 atom stereocenters. The number of allylic oxidation sites excluding steroid dienone is 3. The van der Waals surface area contributed by atoms with Gasteiger partial charge in [0.25, 0.3) is 0 Å². The van der Waals surface area contributed by atoms with Crippen LogP contribution in [0, 0.1) is 0 Å². The summed E-state index contributed by atoms with van der Waals surface area (Å²) < 4.78 is 0. The van der Waals surface area contributed by atoms with E-state index in [1.54, 1.807) is 24.3 Å². The molecule has 0 unspecified atom stereocenters. The Kier molecular flexibility index (Phi) is 16.7. The molecule has 0 aromatic heterocycles. The maximum atomic E-state index is 10.7. The van der Waals surface area contributed by atoms with Crippen molar-refractivity contribution >= 4 is 11.7 Å². The van der Waals surface area contributed by atoms with Gasteiger partial charge in [-0.05, 0) is 56.2 Å². The zero-order chi connectivity index (χ0) is 18.2. The number of anilines is 1. The number of rotatable bonds is 15. The molecule has 4 heteroatoms. The van der Waals surface area contributed by atoms with Crippen LogP contribution in [0.4, 0.5) is 5.69 Å². The number of benzene rings is 1. The molecule has 0 radical (unpaired) electrons. The van der Waals surface area contributed by atoms with Gasteiger partial charge in [-0.15, -0.1) is 6.58 Å². The first-order chi connectivity index (χ1) is 12.2. The van der Waals surface area contributed by atoms with Gasteiger partial charge >= 0.3 is 29.6 Å². The predicted octanol–water partition coefficient (Wildman–Crippen LogP) is 2.11. The molecule has 138 valence electrons. The maximum absolute atomic E-state index is 10.7. The van der Waals surface area contributed by atoms with Crippen LogP contribution in [0.3, 0.4) is 0 Å². The van der Waals surface area contributed by atoms with Gasteiger partial charge in [0.2, 0.25) is 0 Å². The molecular weight excluding hydrogens is 333 g/mol. The van der Waals surface area contributed by atoms with Crippen LogP contribution in [0.5, 0.6) is 0 Å². The molecule has 0 aliphatic heterocycles. The zero-order valence-electron chi connectivity index (χ0n) is 16.3. The molecule has 26 heavy (non-hydrogen) atoms. The first-order valence-corrected chi connectivity index (χ1v) is 9.55. The van der Waals surface area contributed by atoms with E-state index in [-0.39, 0.29) is 35.1 Å². The number of aromatic carboxylic acids is 1. The number of hydrogen-bond acceptors (Lipinski definition) is 3. The molecule has 1 N–H and O–H groups in total. The molecular formula is C22H32NNaO2. The fourth-order valence-electron chi connectivity index (χ4n) is 2.67. The van der Waals surface area contributed by atoms with Crippen LogP contribution in [0.15, 0.2) is 49.1 Å². The van der Waals surface area contributed by atoms with Gasteiger partial charge in [0.15, 0.2) is 0 Å². The number of nitrogens with one attached hydrogen (secondary N) is 1. The zero-order valence-corrected chi connectivity index (χ0v) is 18.3. The predicted molar refractivity (Wildman–Crippen MR) is 105 cm³/mol. The van der Waals surface area contributed by atoms with E-state index in [1.807, 2.05) is 6.08 Å². The van der Waals surface area contributed by atoms with E-state index >= 15 is 0 Å². The Hall–Kier alpha value is -1.03. The first kappa shape index (κ1) is 25.0. The molecule has 3 nitrogen and oxygen atoms in total. The number of carboxylic acid groups (broad SMARTS) is 1. The minimum Gasteiger partial charge on any atom is -0.545 e. The van der Waals surface area contributed by atoms with Gasteiger partial charge in [-0.1, -0.05) is 56.0 Å². The van der Waals surface area contributed by atoms with Gasteiger partial charge in [0.05, 0.1) is 5.97 Å². The summed E-state index contributed by atoms with van der Waals surface area (Å²) in [6.45, 7) is 4.63. The first-order valence-electron chi connectivity index (χ1n) is 9.55. The van der Waals surface area contributed by atoms with Crippen molar-refractivity contribution in [1.29, 1.82) is 0 Å². The fourth-order valence-corrected chi connectivity index (χ4v) is 2.67. The van der Waals surface area contributed by atoms with Gasteiger partial charge in [-0.2, -0.15) is 0 Å². The van der Waals surface area contributed by atoms with E-state index in [0.29, 0.717) is 0 Å². The third kappa shape index (κ3) is 13.2. The average molecular weight is 365 g/mol. The van der Waals surface area contributed by atoms with E-state index in [0.717, 1.165) is 31.5 Å². The smallest absolute Gasteiger partial charge is 0.545 e. The molecule has 0 fully saturated rings. The fraction of sp³-hybridized carbons (Fsp3) is 0.500. The molecule has 0 heterocycles. The molecule has 0 spiro atoms. The molecule has 0 aliphatic carbocycles.